The molecule has 0 saturated carbocycles. The van der Waals surface area contributed by atoms with Crippen LogP contribution in [0.1, 0.15) is 39.4 Å². The van der Waals surface area contributed by atoms with Crippen molar-refractivity contribution in [2.24, 2.45) is 5.73 Å². The van der Waals surface area contributed by atoms with Crippen LogP contribution in [0.25, 0.3) is 0 Å². The van der Waals surface area contributed by atoms with Crippen molar-refractivity contribution in [3.8, 4) is 0 Å². The van der Waals surface area contributed by atoms with Crippen LogP contribution in [-0.4, -0.2) is 15.3 Å². The van der Waals surface area contributed by atoms with Crippen molar-refractivity contribution in [3.63, 3.8) is 0 Å². The molecule has 0 aromatic carbocycles. The minimum Gasteiger partial charge on any atom is -0.325 e. The zero-order valence-electron chi connectivity index (χ0n) is 8.91. The Labute approximate surface area is 79.9 Å². The van der Waals surface area contributed by atoms with Crippen molar-refractivity contribution in [2.75, 3.05) is 0 Å². The van der Waals surface area contributed by atoms with Gasteiger partial charge in [-0.25, -0.2) is 0 Å². The maximum absolute atomic E-state index is 5.90. The third-order valence-corrected chi connectivity index (χ3v) is 1.83. The van der Waals surface area contributed by atoms with Gasteiger partial charge in [0.1, 0.15) is 0 Å². The third kappa shape index (κ3) is 3.19. The van der Waals surface area contributed by atoms with Crippen molar-refractivity contribution in [1.82, 2.24) is 9.78 Å². The van der Waals surface area contributed by atoms with Gasteiger partial charge in [0.05, 0.1) is 5.69 Å². The molecule has 1 heterocycles. The van der Waals surface area contributed by atoms with Gasteiger partial charge in [-0.15, -0.1) is 0 Å². The summed E-state index contributed by atoms with van der Waals surface area (Å²) in [5.41, 5.74) is 6.80. The Balaban J connectivity index is 2.70. The number of hydrogen-bond acceptors (Lipinski definition) is 2. The highest BCUT2D eigenvalue weighted by molar-refractivity contribution is 5.03. The van der Waals surface area contributed by atoms with Gasteiger partial charge in [0.25, 0.3) is 0 Å². The predicted octanol–water partition coefficient (Wildman–Crippen LogP) is 1.74. The molecule has 74 valence electrons. The lowest BCUT2D eigenvalue weighted by atomic mass is 10.0. The fourth-order valence-electron chi connectivity index (χ4n) is 1.23. The first kappa shape index (κ1) is 10.3. The zero-order valence-corrected chi connectivity index (χ0v) is 8.91. The second-order valence-electron chi connectivity index (χ2n) is 4.55. The molecule has 1 aromatic heterocycles. The molecule has 1 aromatic rings. The summed E-state index contributed by atoms with van der Waals surface area (Å²) in [5, 5.41) is 4.43. The standard InChI is InChI=1S/C10H19N3/c1-8(2)13-6-5-9(12-13)7-10(3,4)11/h5-6,8H,7,11H2,1-4H3. The van der Waals surface area contributed by atoms with Crippen LogP contribution in [0.4, 0.5) is 0 Å². The van der Waals surface area contributed by atoms with Gasteiger partial charge in [-0.05, 0) is 33.8 Å². The number of nitrogens with two attached hydrogens (primary N) is 1. The lowest BCUT2D eigenvalue weighted by Gasteiger charge is -2.16. The van der Waals surface area contributed by atoms with Gasteiger partial charge in [0.15, 0.2) is 0 Å². The van der Waals surface area contributed by atoms with E-state index in [0.717, 1.165) is 12.1 Å². The SMILES string of the molecule is CC(C)n1ccc(CC(C)(C)N)n1. The van der Waals surface area contributed by atoms with Gasteiger partial charge in [0.2, 0.25) is 0 Å². The van der Waals surface area contributed by atoms with Gasteiger partial charge >= 0.3 is 0 Å². The fourth-order valence-corrected chi connectivity index (χ4v) is 1.23. The van der Waals surface area contributed by atoms with Crippen LogP contribution in [0.2, 0.25) is 0 Å². The van der Waals surface area contributed by atoms with Gasteiger partial charge in [0, 0.05) is 24.2 Å². The van der Waals surface area contributed by atoms with E-state index in [9.17, 15) is 0 Å². The highest BCUT2D eigenvalue weighted by Gasteiger charge is 2.13. The normalized spacial score (nSPS) is 12.5. The molecule has 0 unspecified atom stereocenters. The van der Waals surface area contributed by atoms with Crippen molar-refractivity contribution < 1.29 is 0 Å². The van der Waals surface area contributed by atoms with E-state index >= 15 is 0 Å². The molecular weight excluding hydrogens is 162 g/mol. The third-order valence-electron chi connectivity index (χ3n) is 1.83. The second-order valence-corrected chi connectivity index (χ2v) is 4.55. The van der Waals surface area contributed by atoms with Crippen LogP contribution in [0.15, 0.2) is 12.3 Å². The fraction of sp³-hybridized carbons (Fsp3) is 0.700. The largest absolute Gasteiger partial charge is 0.325 e. The van der Waals surface area contributed by atoms with E-state index in [2.05, 4.69) is 18.9 Å². The molecule has 2 N–H and O–H groups in total. The van der Waals surface area contributed by atoms with Crippen molar-refractivity contribution in [1.29, 1.82) is 0 Å². The molecule has 0 aliphatic rings. The molecule has 3 nitrogen and oxygen atoms in total. The molecule has 0 atom stereocenters. The van der Waals surface area contributed by atoms with Crippen LogP contribution in [0, 0.1) is 0 Å². The molecule has 1 rings (SSSR count). The topological polar surface area (TPSA) is 43.8 Å². The summed E-state index contributed by atoms with van der Waals surface area (Å²) in [7, 11) is 0. The van der Waals surface area contributed by atoms with E-state index < -0.39 is 0 Å². The monoisotopic (exact) mass is 181 g/mol. The average Bonchev–Trinajstić information content (AvgIpc) is 2.31. The lowest BCUT2D eigenvalue weighted by molar-refractivity contribution is 0.487. The summed E-state index contributed by atoms with van der Waals surface area (Å²) < 4.78 is 1.96. The quantitative estimate of drug-likeness (QED) is 0.772. The molecule has 3 heteroatoms. The van der Waals surface area contributed by atoms with Gasteiger partial charge in [-0.3, -0.25) is 4.68 Å². The van der Waals surface area contributed by atoms with Crippen LogP contribution in [0.3, 0.4) is 0 Å². The van der Waals surface area contributed by atoms with E-state index in [4.69, 9.17) is 5.73 Å². The zero-order chi connectivity index (χ0) is 10.1. The number of aromatic nitrogens is 2. The maximum Gasteiger partial charge on any atom is 0.0642 e. The Morgan fingerprint density at radius 1 is 1.54 bits per heavy atom. The van der Waals surface area contributed by atoms with Crippen LogP contribution >= 0.6 is 0 Å². The average molecular weight is 181 g/mol. The molecule has 0 radical (unpaired) electrons. The van der Waals surface area contributed by atoms with Crippen molar-refractivity contribution >= 4 is 0 Å². The van der Waals surface area contributed by atoms with Gasteiger partial charge in [-0.2, -0.15) is 5.10 Å². The Morgan fingerprint density at radius 2 is 2.15 bits per heavy atom. The van der Waals surface area contributed by atoms with E-state index in [1.54, 1.807) is 0 Å². The summed E-state index contributed by atoms with van der Waals surface area (Å²) in [6.07, 6.45) is 2.83. The Morgan fingerprint density at radius 3 is 2.54 bits per heavy atom. The van der Waals surface area contributed by atoms with E-state index in [1.807, 2.05) is 30.8 Å². The molecule has 0 spiro atoms. The number of nitrogens with zero attached hydrogens (tertiary/aromatic N) is 2. The van der Waals surface area contributed by atoms with Crippen LogP contribution < -0.4 is 5.73 Å². The minimum absolute atomic E-state index is 0.170. The Bertz CT molecular complexity index is 268. The summed E-state index contributed by atoms with van der Waals surface area (Å²) in [6, 6.07) is 2.46. The molecule has 0 aliphatic heterocycles. The van der Waals surface area contributed by atoms with Crippen molar-refractivity contribution in [3.05, 3.63) is 18.0 Å². The summed E-state index contributed by atoms with van der Waals surface area (Å²) >= 11 is 0. The summed E-state index contributed by atoms with van der Waals surface area (Å²) in [6.45, 7) is 8.26. The van der Waals surface area contributed by atoms with Crippen LogP contribution in [0.5, 0.6) is 0 Å². The Kier molecular flexibility index (Phi) is 2.76. The molecule has 13 heavy (non-hydrogen) atoms. The maximum atomic E-state index is 5.90. The minimum atomic E-state index is -0.170. The van der Waals surface area contributed by atoms with E-state index in [1.165, 1.54) is 0 Å². The predicted molar refractivity (Wildman–Crippen MR) is 54.6 cm³/mol. The van der Waals surface area contributed by atoms with Crippen LogP contribution in [-0.2, 0) is 6.42 Å². The molecule has 0 fully saturated rings. The number of rotatable bonds is 3. The highest BCUT2D eigenvalue weighted by Crippen LogP contribution is 2.09. The van der Waals surface area contributed by atoms with Gasteiger partial charge < -0.3 is 5.73 Å². The molecular formula is C10H19N3. The summed E-state index contributed by atoms with van der Waals surface area (Å²) in [5.74, 6) is 0. The van der Waals surface area contributed by atoms with E-state index in [0.29, 0.717) is 6.04 Å². The number of hydrogen-bond donors (Lipinski definition) is 1. The lowest BCUT2D eigenvalue weighted by Crippen LogP contribution is -2.34. The smallest absolute Gasteiger partial charge is 0.0642 e. The first-order chi connectivity index (χ1) is 5.88. The highest BCUT2D eigenvalue weighted by atomic mass is 15.3. The van der Waals surface area contributed by atoms with E-state index in [-0.39, 0.29) is 5.54 Å². The first-order valence-electron chi connectivity index (χ1n) is 4.71. The molecule has 0 amide bonds. The summed E-state index contributed by atoms with van der Waals surface area (Å²) in [4.78, 5) is 0. The molecule has 0 aliphatic carbocycles. The second kappa shape index (κ2) is 3.50. The van der Waals surface area contributed by atoms with Gasteiger partial charge in [-0.1, -0.05) is 0 Å². The van der Waals surface area contributed by atoms with Crippen molar-refractivity contribution in [2.45, 2.75) is 45.7 Å². The Hall–Kier alpha value is -0.830. The molecule has 0 bridgehead atoms. The first-order valence-corrected chi connectivity index (χ1v) is 4.71. The molecule has 0 saturated heterocycles.